The molecular formula is C20H21N5O4. The first-order valence-corrected chi connectivity index (χ1v) is 9.23. The van der Waals surface area contributed by atoms with Crippen molar-refractivity contribution in [1.82, 2.24) is 24.1 Å². The van der Waals surface area contributed by atoms with Crippen LogP contribution in [0, 0.1) is 0 Å². The van der Waals surface area contributed by atoms with Crippen molar-refractivity contribution in [2.75, 3.05) is 20.6 Å². The van der Waals surface area contributed by atoms with Crippen LogP contribution in [0.1, 0.15) is 16.2 Å². The van der Waals surface area contributed by atoms with Crippen LogP contribution in [0.3, 0.4) is 0 Å². The molecule has 3 aromatic rings. The maximum Gasteiger partial charge on any atom is 0.346 e. The van der Waals surface area contributed by atoms with Gasteiger partial charge in [0.05, 0.1) is 12.1 Å². The van der Waals surface area contributed by atoms with Crippen LogP contribution in [0.4, 0.5) is 0 Å². The molecule has 4 rings (SSSR count). The zero-order valence-electron chi connectivity index (χ0n) is 16.2. The molecule has 9 heteroatoms. The van der Waals surface area contributed by atoms with Gasteiger partial charge in [-0.2, -0.15) is 5.10 Å². The van der Waals surface area contributed by atoms with E-state index in [2.05, 4.69) is 5.10 Å². The van der Waals surface area contributed by atoms with Crippen LogP contribution < -0.4 is 5.69 Å². The number of phenols is 1. The van der Waals surface area contributed by atoms with Crippen LogP contribution in [0.15, 0.2) is 41.2 Å². The van der Waals surface area contributed by atoms with Gasteiger partial charge in [0.25, 0.3) is 5.91 Å². The molecule has 2 aromatic carbocycles. The van der Waals surface area contributed by atoms with E-state index in [-0.39, 0.29) is 48.5 Å². The number of aromatic nitrogens is 3. The molecule has 0 spiro atoms. The number of hydrogen-bond acceptors (Lipinski definition) is 5. The van der Waals surface area contributed by atoms with Crippen molar-refractivity contribution in [2.45, 2.75) is 19.6 Å². The van der Waals surface area contributed by atoms with Crippen LogP contribution in [0.2, 0.25) is 0 Å². The first-order chi connectivity index (χ1) is 13.9. The molecule has 0 bridgehead atoms. The van der Waals surface area contributed by atoms with E-state index in [1.54, 1.807) is 43.3 Å². The fraction of sp³-hybridized carbons (Fsp3) is 0.300. The summed E-state index contributed by atoms with van der Waals surface area (Å²) in [6.45, 7) is 0.574. The second-order valence-corrected chi connectivity index (χ2v) is 7.21. The quantitative estimate of drug-likeness (QED) is 0.702. The smallest absolute Gasteiger partial charge is 0.346 e. The Hall–Kier alpha value is -3.62. The average Bonchev–Trinajstić information content (AvgIpc) is 3.02. The van der Waals surface area contributed by atoms with Gasteiger partial charge in [-0.15, -0.1) is 0 Å². The summed E-state index contributed by atoms with van der Waals surface area (Å²) in [4.78, 5) is 40.3. The maximum absolute atomic E-state index is 13.0. The molecule has 2 heterocycles. The third-order valence-corrected chi connectivity index (χ3v) is 5.13. The van der Waals surface area contributed by atoms with Gasteiger partial charge >= 0.3 is 5.69 Å². The van der Waals surface area contributed by atoms with Crippen molar-refractivity contribution in [2.24, 2.45) is 0 Å². The minimum absolute atomic E-state index is 0.0572. The number of aromatic hydroxyl groups is 1. The van der Waals surface area contributed by atoms with Crippen LogP contribution in [0.25, 0.3) is 10.8 Å². The lowest BCUT2D eigenvalue weighted by Gasteiger charge is -2.27. The number of likely N-dealkylation sites (N-methyl/N-ethyl adjacent to an activating group) is 1. The molecule has 0 saturated carbocycles. The number of fused-ring (bicyclic) bond motifs is 2. The van der Waals surface area contributed by atoms with Crippen molar-refractivity contribution in [3.8, 4) is 5.75 Å². The third kappa shape index (κ3) is 3.24. The van der Waals surface area contributed by atoms with Gasteiger partial charge in [-0.1, -0.05) is 30.3 Å². The molecule has 0 fully saturated rings. The number of rotatable bonds is 3. The van der Waals surface area contributed by atoms with Gasteiger partial charge in [0.1, 0.15) is 12.3 Å². The Labute approximate surface area is 166 Å². The summed E-state index contributed by atoms with van der Waals surface area (Å²) in [5.41, 5.74) is -0.155. The Kier molecular flexibility index (Phi) is 4.57. The number of carbonyl (C=O) groups excluding carboxylic acids is 2. The standard InChI is InChI=1S/C20H21N5O4/c1-22(2)17(26)12-25-20(29)24-10-9-23(11-16(24)21-25)19(28)15-8-7-13-5-3-4-6-14(13)18(15)27/h3-8,27H,9-12H2,1-2H3. The zero-order chi connectivity index (χ0) is 20.7. The Bertz CT molecular complexity index is 1180. The third-order valence-electron chi connectivity index (χ3n) is 5.13. The summed E-state index contributed by atoms with van der Waals surface area (Å²) in [6.07, 6.45) is 0. The van der Waals surface area contributed by atoms with Crippen LogP contribution in [-0.2, 0) is 24.4 Å². The van der Waals surface area contributed by atoms with Crippen molar-refractivity contribution < 1.29 is 14.7 Å². The molecule has 150 valence electrons. The summed E-state index contributed by atoms with van der Waals surface area (Å²) in [6, 6.07) is 10.7. The highest BCUT2D eigenvalue weighted by Gasteiger charge is 2.28. The van der Waals surface area contributed by atoms with Crippen molar-refractivity contribution in [3.63, 3.8) is 0 Å². The minimum atomic E-state index is -0.365. The number of benzene rings is 2. The Morgan fingerprint density at radius 2 is 1.90 bits per heavy atom. The predicted molar refractivity (Wildman–Crippen MR) is 106 cm³/mol. The highest BCUT2D eigenvalue weighted by Crippen LogP contribution is 2.30. The van der Waals surface area contributed by atoms with Gasteiger partial charge in [-0.05, 0) is 11.5 Å². The summed E-state index contributed by atoms with van der Waals surface area (Å²) in [5.74, 6) is -0.206. The summed E-state index contributed by atoms with van der Waals surface area (Å²) in [5, 5.41) is 16.3. The molecule has 29 heavy (non-hydrogen) atoms. The molecule has 0 radical (unpaired) electrons. The van der Waals surface area contributed by atoms with E-state index in [1.807, 2.05) is 12.1 Å². The maximum atomic E-state index is 13.0. The Morgan fingerprint density at radius 1 is 1.14 bits per heavy atom. The van der Waals surface area contributed by atoms with E-state index < -0.39 is 0 Å². The van der Waals surface area contributed by atoms with Crippen LogP contribution in [0.5, 0.6) is 5.75 Å². The number of hydrogen-bond donors (Lipinski definition) is 1. The highest BCUT2D eigenvalue weighted by molar-refractivity contribution is 6.03. The molecule has 1 aliphatic heterocycles. The largest absolute Gasteiger partial charge is 0.506 e. The van der Waals surface area contributed by atoms with E-state index in [9.17, 15) is 19.5 Å². The zero-order valence-corrected chi connectivity index (χ0v) is 16.2. The summed E-state index contributed by atoms with van der Waals surface area (Å²) < 4.78 is 2.60. The Morgan fingerprint density at radius 3 is 2.66 bits per heavy atom. The lowest BCUT2D eigenvalue weighted by atomic mass is 10.0. The number of phenolic OH excluding ortho intramolecular Hbond substituents is 1. The summed E-state index contributed by atoms with van der Waals surface area (Å²) >= 11 is 0. The summed E-state index contributed by atoms with van der Waals surface area (Å²) in [7, 11) is 3.22. The van der Waals surface area contributed by atoms with E-state index >= 15 is 0 Å². The predicted octanol–water partition coefficient (Wildman–Crippen LogP) is 0.648. The van der Waals surface area contributed by atoms with Gasteiger partial charge in [0.15, 0.2) is 5.82 Å². The second kappa shape index (κ2) is 7.08. The highest BCUT2D eigenvalue weighted by atomic mass is 16.3. The van der Waals surface area contributed by atoms with Crippen molar-refractivity contribution in [3.05, 3.63) is 58.3 Å². The van der Waals surface area contributed by atoms with Crippen LogP contribution >= 0.6 is 0 Å². The fourth-order valence-electron chi connectivity index (χ4n) is 3.44. The van der Waals surface area contributed by atoms with Gasteiger partial charge in [0, 0.05) is 32.6 Å². The Balaban J connectivity index is 1.60. The first kappa shape index (κ1) is 18.7. The molecule has 1 aliphatic rings. The van der Waals surface area contributed by atoms with E-state index in [4.69, 9.17) is 0 Å². The van der Waals surface area contributed by atoms with Gasteiger partial charge in [-0.3, -0.25) is 14.2 Å². The second-order valence-electron chi connectivity index (χ2n) is 7.21. The topological polar surface area (TPSA) is 101 Å². The molecule has 0 saturated heterocycles. The van der Waals surface area contributed by atoms with Gasteiger partial charge < -0.3 is 14.9 Å². The normalized spacial score (nSPS) is 13.4. The molecule has 0 atom stereocenters. The van der Waals surface area contributed by atoms with E-state index in [0.717, 1.165) is 10.1 Å². The van der Waals surface area contributed by atoms with E-state index in [0.29, 0.717) is 17.8 Å². The number of nitrogens with zero attached hydrogens (tertiary/aromatic N) is 5. The molecule has 1 N–H and O–H groups in total. The lowest BCUT2D eigenvalue weighted by molar-refractivity contribution is -0.129. The first-order valence-electron chi connectivity index (χ1n) is 9.23. The van der Waals surface area contributed by atoms with Crippen LogP contribution in [-0.4, -0.2) is 61.7 Å². The molecular weight excluding hydrogens is 374 g/mol. The van der Waals surface area contributed by atoms with Crippen molar-refractivity contribution in [1.29, 1.82) is 0 Å². The monoisotopic (exact) mass is 395 g/mol. The van der Waals surface area contributed by atoms with Gasteiger partial charge in [0.2, 0.25) is 5.91 Å². The average molecular weight is 395 g/mol. The van der Waals surface area contributed by atoms with Gasteiger partial charge in [-0.25, -0.2) is 9.48 Å². The lowest BCUT2D eigenvalue weighted by Crippen LogP contribution is -2.41. The number of amides is 2. The SMILES string of the molecule is CN(C)C(=O)Cn1nc2n(c1=O)CCN(C(=O)c1ccc3ccccc3c1O)C2. The van der Waals surface area contributed by atoms with E-state index in [1.165, 1.54) is 9.47 Å². The minimum Gasteiger partial charge on any atom is -0.506 e. The number of carbonyl (C=O) groups is 2. The fourth-order valence-corrected chi connectivity index (χ4v) is 3.44. The molecule has 1 aromatic heterocycles. The molecule has 9 nitrogen and oxygen atoms in total. The molecule has 0 unspecified atom stereocenters. The molecule has 0 aliphatic carbocycles. The molecule has 2 amide bonds. The van der Waals surface area contributed by atoms with Crippen molar-refractivity contribution >= 4 is 22.6 Å².